The van der Waals surface area contributed by atoms with Crippen molar-refractivity contribution in [1.29, 1.82) is 0 Å². The Kier molecular flexibility index (Phi) is 6.37. The molecule has 0 saturated carbocycles. The van der Waals surface area contributed by atoms with Gasteiger partial charge in [-0.2, -0.15) is 0 Å². The maximum atomic E-state index is 3.62. The molecule has 1 atom stereocenters. The number of hydrogen-bond donors (Lipinski definition) is 1. The van der Waals surface area contributed by atoms with E-state index in [2.05, 4.69) is 37.9 Å². The van der Waals surface area contributed by atoms with E-state index in [1.165, 1.54) is 38.8 Å². The largest absolute Gasteiger partial charge is 0.315 e. The standard InChI is InChI=1S/C14H30N2/c1-5-13(6-2)16-9-7-8-14(16)11-15-10-12(3)4/h12-15H,5-11H2,1-4H3. The second-order valence-corrected chi connectivity index (χ2v) is 5.56. The normalized spacial score (nSPS) is 22.5. The van der Waals surface area contributed by atoms with Crippen molar-refractivity contribution in [2.24, 2.45) is 5.92 Å². The maximum absolute atomic E-state index is 3.62. The summed E-state index contributed by atoms with van der Waals surface area (Å²) in [5.41, 5.74) is 0. The number of hydrogen-bond acceptors (Lipinski definition) is 2. The van der Waals surface area contributed by atoms with Crippen LogP contribution in [0.1, 0.15) is 53.4 Å². The van der Waals surface area contributed by atoms with Crippen molar-refractivity contribution in [2.75, 3.05) is 19.6 Å². The first-order valence-corrected chi connectivity index (χ1v) is 7.15. The molecule has 0 radical (unpaired) electrons. The summed E-state index contributed by atoms with van der Waals surface area (Å²) in [5.74, 6) is 0.767. The van der Waals surface area contributed by atoms with Gasteiger partial charge in [-0.05, 0) is 44.7 Å². The molecule has 1 N–H and O–H groups in total. The quantitative estimate of drug-likeness (QED) is 0.718. The van der Waals surface area contributed by atoms with E-state index in [4.69, 9.17) is 0 Å². The third-order valence-electron chi connectivity index (χ3n) is 3.77. The van der Waals surface area contributed by atoms with E-state index < -0.39 is 0 Å². The summed E-state index contributed by atoms with van der Waals surface area (Å²) in [7, 11) is 0. The van der Waals surface area contributed by atoms with E-state index in [-0.39, 0.29) is 0 Å². The van der Waals surface area contributed by atoms with E-state index in [1.807, 2.05) is 0 Å². The molecule has 1 unspecified atom stereocenters. The first-order chi connectivity index (χ1) is 7.69. The zero-order valence-corrected chi connectivity index (χ0v) is 11.6. The fourth-order valence-corrected chi connectivity index (χ4v) is 2.85. The van der Waals surface area contributed by atoms with Gasteiger partial charge in [-0.1, -0.05) is 27.7 Å². The molecule has 0 aromatic carbocycles. The molecule has 1 saturated heterocycles. The van der Waals surface area contributed by atoms with Crippen LogP contribution in [-0.2, 0) is 0 Å². The molecule has 1 heterocycles. The molecule has 2 nitrogen and oxygen atoms in total. The van der Waals surface area contributed by atoms with Gasteiger partial charge in [-0.3, -0.25) is 4.90 Å². The van der Waals surface area contributed by atoms with Crippen molar-refractivity contribution in [3.05, 3.63) is 0 Å². The zero-order chi connectivity index (χ0) is 12.0. The summed E-state index contributed by atoms with van der Waals surface area (Å²) in [6.07, 6.45) is 5.39. The molecule has 1 aliphatic rings. The monoisotopic (exact) mass is 226 g/mol. The van der Waals surface area contributed by atoms with E-state index in [1.54, 1.807) is 0 Å². The summed E-state index contributed by atoms with van der Waals surface area (Å²) in [6, 6.07) is 1.61. The van der Waals surface area contributed by atoms with Crippen molar-refractivity contribution in [1.82, 2.24) is 10.2 Å². The van der Waals surface area contributed by atoms with Crippen LogP contribution in [0.15, 0.2) is 0 Å². The predicted molar refractivity (Wildman–Crippen MR) is 71.8 cm³/mol. The fraction of sp³-hybridized carbons (Fsp3) is 1.00. The molecule has 0 amide bonds. The molecule has 0 aromatic rings. The minimum Gasteiger partial charge on any atom is -0.315 e. The molecule has 0 spiro atoms. The maximum Gasteiger partial charge on any atom is 0.0224 e. The van der Waals surface area contributed by atoms with Crippen molar-refractivity contribution in [3.63, 3.8) is 0 Å². The predicted octanol–water partition coefficient (Wildman–Crippen LogP) is 2.89. The van der Waals surface area contributed by atoms with Gasteiger partial charge in [0.25, 0.3) is 0 Å². The minimum atomic E-state index is 0.767. The molecular weight excluding hydrogens is 196 g/mol. The van der Waals surface area contributed by atoms with Crippen LogP contribution < -0.4 is 5.32 Å². The second-order valence-electron chi connectivity index (χ2n) is 5.56. The average Bonchev–Trinajstić information content (AvgIpc) is 2.68. The Balaban J connectivity index is 2.33. The molecule has 96 valence electrons. The molecule has 0 aliphatic carbocycles. The Morgan fingerprint density at radius 3 is 2.50 bits per heavy atom. The first-order valence-electron chi connectivity index (χ1n) is 7.15. The van der Waals surface area contributed by atoms with Crippen LogP contribution in [0, 0.1) is 5.92 Å². The Bertz CT molecular complexity index is 176. The van der Waals surface area contributed by atoms with Crippen molar-refractivity contribution in [2.45, 2.75) is 65.5 Å². The third kappa shape index (κ3) is 4.06. The lowest BCUT2D eigenvalue weighted by Crippen LogP contribution is -2.44. The second kappa shape index (κ2) is 7.29. The number of nitrogens with zero attached hydrogens (tertiary/aromatic N) is 1. The molecule has 2 heteroatoms. The lowest BCUT2D eigenvalue weighted by molar-refractivity contribution is 0.166. The van der Waals surface area contributed by atoms with Gasteiger partial charge in [0, 0.05) is 18.6 Å². The van der Waals surface area contributed by atoms with Gasteiger partial charge in [-0.15, -0.1) is 0 Å². The SMILES string of the molecule is CCC(CC)N1CCCC1CNCC(C)C. The topological polar surface area (TPSA) is 15.3 Å². The third-order valence-corrected chi connectivity index (χ3v) is 3.77. The molecule has 16 heavy (non-hydrogen) atoms. The van der Waals surface area contributed by atoms with Gasteiger partial charge in [0.15, 0.2) is 0 Å². The van der Waals surface area contributed by atoms with E-state index in [0.29, 0.717) is 0 Å². The summed E-state index contributed by atoms with van der Waals surface area (Å²) in [5, 5.41) is 3.62. The van der Waals surface area contributed by atoms with E-state index in [9.17, 15) is 0 Å². The van der Waals surface area contributed by atoms with Gasteiger partial charge >= 0.3 is 0 Å². The molecule has 0 bridgehead atoms. The Morgan fingerprint density at radius 2 is 1.94 bits per heavy atom. The summed E-state index contributed by atoms with van der Waals surface area (Å²) in [4.78, 5) is 2.74. The van der Waals surface area contributed by atoms with Crippen LogP contribution in [0.2, 0.25) is 0 Å². The average molecular weight is 226 g/mol. The van der Waals surface area contributed by atoms with Gasteiger partial charge < -0.3 is 5.32 Å². The minimum absolute atomic E-state index is 0.767. The van der Waals surface area contributed by atoms with Crippen LogP contribution in [0.25, 0.3) is 0 Å². The van der Waals surface area contributed by atoms with Gasteiger partial charge in [0.2, 0.25) is 0 Å². The summed E-state index contributed by atoms with van der Waals surface area (Å²) < 4.78 is 0. The van der Waals surface area contributed by atoms with Crippen LogP contribution in [0.5, 0.6) is 0 Å². The highest BCUT2D eigenvalue weighted by Crippen LogP contribution is 2.22. The van der Waals surface area contributed by atoms with Gasteiger partial charge in [0.05, 0.1) is 0 Å². The van der Waals surface area contributed by atoms with Crippen LogP contribution in [0.3, 0.4) is 0 Å². The molecular formula is C14H30N2. The number of rotatable bonds is 7. The molecule has 0 aromatic heterocycles. The van der Waals surface area contributed by atoms with Gasteiger partial charge in [-0.25, -0.2) is 0 Å². The lowest BCUT2D eigenvalue weighted by Gasteiger charge is -2.32. The molecule has 1 fully saturated rings. The van der Waals surface area contributed by atoms with Crippen LogP contribution >= 0.6 is 0 Å². The number of likely N-dealkylation sites (tertiary alicyclic amines) is 1. The Morgan fingerprint density at radius 1 is 1.25 bits per heavy atom. The zero-order valence-electron chi connectivity index (χ0n) is 11.6. The van der Waals surface area contributed by atoms with Crippen LogP contribution in [0.4, 0.5) is 0 Å². The lowest BCUT2D eigenvalue weighted by atomic mass is 10.1. The Hall–Kier alpha value is -0.0800. The highest BCUT2D eigenvalue weighted by atomic mass is 15.2. The van der Waals surface area contributed by atoms with Crippen LogP contribution in [-0.4, -0.2) is 36.6 Å². The smallest absolute Gasteiger partial charge is 0.0224 e. The summed E-state index contributed by atoms with van der Waals surface area (Å²) >= 11 is 0. The van der Waals surface area contributed by atoms with Crippen molar-refractivity contribution >= 4 is 0 Å². The molecule has 1 rings (SSSR count). The molecule has 1 aliphatic heterocycles. The summed E-state index contributed by atoms with van der Waals surface area (Å²) in [6.45, 7) is 12.9. The van der Waals surface area contributed by atoms with E-state index >= 15 is 0 Å². The van der Waals surface area contributed by atoms with E-state index in [0.717, 1.165) is 24.5 Å². The van der Waals surface area contributed by atoms with Crippen molar-refractivity contribution < 1.29 is 0 Å². The van der Waals surface area contributed by atoms with Crippen molar-refractivity contribution in [3.8, 4) is 0 Å². The first kappa shape index (κ1) is 14.0. The number of nitrogens with one attached hydrogen (secondary N) is 1. The fourth-order valence-electron chi connectivity index (χ4n) is 2.85. The highest BCUT2D eigenvalue weighted by molar-refractivity contribution is 4.85. The van der Waals surface area contributed by atoms with Gasteiger partial charge in [0.1, 0.15) is 0 Å². The highest BCUT2D eigenvalue weighted by Gasteiger charge is 2.28. The Labute approximate surface area is 102 Å².